The lowest BCUT2D eigenvalue weighted by Crippen LogP contribution is -2.35. The van der Waals surface area contributed by atoms with Crippen molar-refractivity contribution in [3.63, 3.8) is 0 Å². The molecule has 1 aliphatic rings. The summed E-state index contributed by atoms with van der Waals surface area (Å²) in [5, 5.41) is 11.8. The number of rotatable bonds is 6. The van der Waals surface area contributed by atoms with Crippen LogP contribution in [0.25, 0.3) is 0 Å². The number of hydrogen-bond donors (Lipinski definition) is 2. The van der Waals surface area contributed by atoms with Crippen LogP contribution in [0.15, 0.2) is 41.0 Å². The van der Waals surface area contributed by atoms with Crippen molar-refractivity contribution >= 4 is 11.9 Å². The normalized spacial score (nSPS) is 19.9. The summed E-state index contributed by atoms with van der Waals surface area (Å²) in [6.45, 7) is 3.23. The first-order chi connectivity index (χ1) is 12.5. The van der Waals surface area contributed by atoms with Crippen molar-refractivity contribution in [3.8, 4) is 0 Å². The molecule has 1 amide bonds. The Morgan fingerprint density at radius 1 is 1.23 bits per heavy atom. The fourth-order valence-electron chi connectivity index (χ4n) is 3.31. The van der Waals surface area contributed by atoms with E-state index in [1.165, 1.54) is 17.9 Å². The average Bonchev–Trinajstić information content (AvgIpc) is 3.08. The zero-order chi connectivity index (χ0) is 18.5. The standard InChI is InChI=1S/C20H23NO5/c1-13-4-6-14(7-5-13)19-15(3-2-9-26-19)12-21-20(24)16-8-10-25-17(16)11-18(22)23/h4-8,10,15,19H,2-3,9,11-12H2,1H3,(H,21,24)(H,22,23). The molecule has 0 saturated carbocycles. The Bertz CT molecular complexity index is 765. The van der Waals surface area contributed by atoms with Crippen LogP contribution in [0.5, 0.6) is 0 Å². The maximum absolute atomic E-state index is 12.4. The quantitative estimate of drug-likeness (QED) is 0.829. The minimum absolute atomic E-state index is 0.0486. The third kappa shape index (κ3) is 4.32. The summed E-state index contributed by atoms with van der Waals surface area (Å²) < 4.78 is 11.1. The van der Waals surface area contributed by atoms with Gasteiger partial charge in [-0.15, -0.1) is 0 Å². The van der Waals surface area contributed by atoms with E-state index in [0.29, 0.717) is 13.2 Å². The molecule has 1 aromatic carbocycles. The number of hydrogen-bond acceptors (Lipinski definition) is 4. The van der Waals surface area contributed by atoms with Crippen LogP contribution in [-0.2, 0) is 16.0 Å². The number of furan rings is 1. The van der Waals surface area contributed by atoms with Gasteiger partial charge in [0.2, 0.25) is 0 Å². The van der Waals surface area contributed by atoms with E-state index < -0.39 is 5.97 Å². The van der Waals surface area contributed by atoms with Crippen LogP contribution >= 0.6 is 0 Å². The van der Waals surface area contributed by atoms with E-state index in [1.54, 1.807) is 0 Å². The van der Waals surface area contributed by atoms with E-state index in [4.69, 9.17) is 14.3 Å². The molecule has 2 heterocycles. The maximum atomic E-state index is 12.4. The lowest BCUT2D eigenvalue weighted by molar-refractivity contribution is -0.136. The molecular weight excluding hydrogens is 334 g/mol. The first kappa shape index (κ1) is 18.2. The molecule has 0 aliphatic carbocycles. The highest BCUT2D eigenvalue weighted by Crippen LogP contribution is 2.33. The summed E-state index contributed by atoms with van der Waals surface area (Å²) in [6, 6.07) is 9.77. The van der Waals surface area contributed by atoms with Gasteiger partial charge in [-0.25, -0.2) is 0 Å². The van der Waals surface area contributed by atoms with E-state index in [9.17, 15) is 9.59 Å². The lowest BCUT2D eigenvalue weighted by Gasteiger charge is -2.32. The number of aryl methyl sites for hydroxylation is 1. The Labute approximate surface area is 152 Å². The fraction of sp³-hybridized carbons (Fsp3) is 0.400. The summed E-state index contributed by atoms with van der Waals surface area (Å²) in [4.78, 5) is 23.3. The van der Waals surface area contributed by atoms with E-state index in [1.807, 2.05) is 6.92 Å². The van der Waals surface area contributed by atoms with E-state index in [2.05, 4.69) is 29.6 Å². The second-order valence-electron chi connectivity index (χ2n) is 6.64. The zero-order valence-corrected chi connectivity index (χ0v) is 14.7. The largest absolute Gasteiger partial charge is 0.481 e. The summed E-state index contributed by atoms with van der Waals surface area (Å²) in [7, 11) is 0. The van der Waals surface area contributed by atoms with Gasteiger partial charge in [0.15, 0.2) is 0 Å². The first-order valence-corrected chi connectivity index (χ1v) is 8.79. The third-order valence-corrected chi connectivity index (χ3v) is 4.68. The molecule has 2 aromatic rings. The van der Waals surface area contributed by atoms with Crippen LogP contribution in [0.4, 0.5) is 0 Å². The number of carboxylic acid groups (broad SMARTS) is 1. The number of ether oxygens (including phenoxy) is 1. The van der Waals surface area contributed by atoms with E-state index in [-0.39, 0.29) is 35.7 Å². The molecular formula is C20H23NO5. The van der Waals surface area contributed by atoms with Gasteiger partial charge in [0.25, 0.3) is 5.91 Å². The number of carbonyl (C=O) groups is 2. The van der Waals surface area contributed by atoms with E-state index >= 15 is 0 Å². The van der Waals surface area contributed by atoms with Crippen LogP contribution < -0.4 is 5.32 Å². The number of nitrogens with one attached hydrogen (secondary N) is 1. The Balaban J connectivity index is 1.65. The van der Waals surface area contributed by atoms with Crippen molar-refractivity contribution in [3.05, 3.63) is 59.0 Å². The van der Waals surface area contributed by atoms with Gasteiger partial charge < -0.3 is 19.6 Å². The van der Waals surface area contributed by atoms with Crippen molar-refractivity contribution in [2.45, 2.75) is 32.3 Å². The van der Waals surface area contributed by atoms with Gasteiger partial charge in [0, 0.05) is 19.1 Å². The minimum Gasteiger partial charge on any atom is -0.481 e. The van der Waals surface area contributed by atoms with Gasteiger partial charge in [-0.05, 0) is 31.4 Å². The Hall–Kier alpha value is -2.60. The van der Waals surface area contributed by atoms with Gasteiger partial charge in [-0.3, -0.25) is 9.59 Å². The molecule has 1 fully saturated rings. The van der Waals surface area contributed by atoms with Crippen LogP contribution in [0.2, 0.25) is 0 Å². The highest BCUT2D eigenvalue weighted by atomic mass is 16.5. The number of amides is 1. The second-order valence-corrected chi connectivity index (χ2v) is 6.64. The first-order valence-electron chi connectivity index (χ1n) is 8.79. The maximum Gasteiger partial charge on any atom is 0.311 e. The number of carboxylic acids is 1. The van der Waals surface area contributed by atoms with Crippen molar-refractivity contribution in [1.82, 2.24) is 5.32 Å². The Kier molecular flexibility index (Phi) is 5.73. The zero-order valence-electron chi connectivity index (χ0n) is 14.7. The number of benzene rings is 1. The summed E-state index contributed by atoms with van der Waals surface area (Å²) in [6.07, 6.45) is 2.90. The van der Waals surface area contributed by atoms with Crippen LogP contribution in [0, 0.1) is 12.8 Å². The average molecular weight is 357 g/mol. The molecule has 6 nitrogen and oxygen atoms in total. The number of carbonyl (C=O) groups excluding carboxylic acids is 1. The molecule has 1 aromatic heterocycles. The van der Waals surface area contributed by atoms with Crippen LogP contribution in [0.1, 0.15) is 46.2 Å². The van der Waals surface area contributed by atoms with Crippen molar-refractivity contribution in [2.24, 2.45) is 5.92 Å². The number of aliphatic carboxylic acids is 1. The van der Waals surface area contributed by atoms with Crippen LogP contribution in [0.3, 0.4) is 0 Å². The Morgan fingerprint density at radius 2 is 2.00 bits per heavy atom. The molecule has 6 heteroatoms. The molecule has 1 saturated heterocycles. The molecule has 2 N–H and O–H groups in total. The molecule has 2 atom stereocenters. The predicted octanol–water partition coefficient (Wildman–Crippen LogP) is 3.11. The molecule has 26 heavy (non-hydrogen) atoms. The summed E-state index contributed by atoms with van der Waals surface area (Å²) in [5.74, 6) is -1.01. The van der Waals surface area contributed by atoms with E-state index in [0.717, 1.165) is 18.4 Å². The molecule has 138 valence electrons. The molecule has 3 rings (SSSR count). The minimum atomic E-state index is -1.03. The van der Waals surface area contributed by atoms with Crippen LogP contribution in [-0.4, -0.2) is 30.1 Å². The molecule has 0 radical (unpaired) electrons. The van der Waals surface area contributed by atoms with Gasteiger partial charge in [-0.2, -0.15) is 0 Å². The fourth-order valence-corrected chi connectivity index (χ4v) is 3.31. The van der Waals surface area contributed by atoms with Gasteiger partial charge in [0.1, 0.15) is 12.2 Å². The van der Waals surface area contributed by atoms with Gasteiger partial charge in [0.05, 0.1) is 17.9 Å². The van der Waals surface area contributed by atoms with Gasteiger partial charge in [-0.1, -0.05) is 29.8 Å². The third-order valence-electron chi connectivity index (χ3n) is 4.68. The molecule has 0 spiro atoms. The summed E-state index contributed by atoms with van der Waals surface area (Å²) >= 11 is 0. The van der Waals surface area contributed by atoms with Crippen molar-refractivity contribution in [1.29, 1.82) is 0 Å². The monoisotopic (exact) mass is 357 g/mol. The highest BCUT2D eigenvalue weighted by molar-refractivity contribution is 5.96. The van der Waals surface area contributed by atoms with Crippen molar-refractivity contribution in [2.75, 3.05) is 13.2 Å². The topological polar surface area (TPSA) is 88.8 Å². The Morgan fingerprint density at radius 3 is 2.73 bits per heavy atom. The van der Waals surface area contributed by atoms with Crippen molar-refractivity contribution < 1.29 is 23.8 Å². The smallest absolute Gasteiger partial charge is 0.311 e. The summed E-state index contributed by atoms with van der Waals surface area (Å²) in [5.41, 5.74) is 2.58. The SMILES string of the molecule is Cc1ccc(C2OCCCC2CNC(=O)c2ccoc2CC(=O)O)cc1. The second kappa shape index (κ2) is 8.19. The highest BCUT2D eigenvalue weighted by Gasteiger charge is 2.28. The molecule has 1 aliphatic heterocycles. The lowest BCUT2D eigenvalue weighted by atomic mass is 9.89. The molecule has 0 bridgehead atoms. The predicted molar refractivity (Wildman–Crippen MR) is 95.0 cm³/mol. The molecule has 2 unspecified atom stereocenters. The van der Waals surface area contributed by atoms with Gasteiger partial charge >= 0.3 is 5.97 Å².